The number of halogens is 1. The highest BCUT2D eigenvalue weighted by atomic mass is 35.5. The second kappa shape index (κ2) is 6.83. The van der Waals surface area contributed by atoms with E-state index in [-0.39, 0.29) is 29.2 Å². The van der Waals surface area contributed by atoms with Crippen LogP contribution in [0.2, 0.25) is 0 Å². The Hall–Kier alpha value is -1.64. The van der Waals surface area contributed by atoms with E-state index >= 15 is 0 Å². The summed E-state index contributed by atoms with van der Waals surface area (Å²) < 4.78 is 25.5. The second-order valence-corrected chi connectivity index (χ2v) is 9.10. The number of carbonyl (C=O) groups excluding carboxylic acids is 1. The predicted octanol–water partition coefficient (Wildman–Crippen LogP) is 1.38. The molecule has 1 amide bonds. The van der Waals surface area contributed by atoms with Gasteiger partial charge >= 0.3 is 0 Å². The molecule has 0 aliphatic carbocycles. The number of hydrogen-bond donors (Lipinski definition) is 1. The number of nitrogens with one attached hydrogen (secondary N) is 1. The Morgan fingerprint density at radius 2 is 1.96 bits per heavy atom. The minimum Gasteiger partial charge on any atom is -0.337 e. The number of sulfone groups is 1. The quantitative estimate of drug-likeness (QED) is 0.826. The van der Waals surface area contributed by atoms with Gasteiger partial charge in [-0.25, -0.2) is 13.4 Å². The fraction of sp³-hybridized carbons (Fsp3) is 0.529. The van der Waals surface area contributed by atoms with E-state index in [0.717, 1.165) is 32.2 Å². The maximum Gasteiger partial charge on any atom is 0.274 e. The van der Waals surface area contributed by atoms with Crippen LogP contribution in [0, 0.1) is 5.41 Å². The number of pyridine rings is 1. The molecular formula is C17H23ClN4O3S. The van der Waals surface area contributed by atoms with Crippen molar-refractivity contribution in [2.75, 3.05) is 32.4 Å². The molecule has 2 aromatic rings. The molecule has 0 atom stereocenters. The molecule has 2 saturated heterocycles. The summed E-state index contributed by atoms with van der Waals surface area (Å²) >= 11 is 0. The fourth-order valence-electron chi connectivity index (χ4n) is 3.98. The van der Waals surface area contributed by atoms with E-state index in [1.54, 1.807) is 24.4 Å². The zero-order valence-corrected chi connectivity index (χ0v) is 16.3. The second-order valence-electron chi connectivity index (χ2n) is 7.19. The lowest BCUT2D eigenvalue weighted by Crippen LogP contribution is -2.44. The molecular weight excluding hydrogens is 376 g/mol. The largest absolute Gasteiger partial charge is 0.337 e. The summed E-state index contributed by atoms with van der Waals surface area (Å²) in [4.78, 5) is 19.0. The lowest BCUT2D eigenvalue weighted by Gasteiger charge is -2.38. The van der Waals surface area contributed by atoms with Crippen molar-refractivity contribution in [1.82, 2.24) is 19.6 Å². The Morgan fingerprint density at radius 3 is 2.58 bits per heavy atom. The number of nitrogens with zero attached hydrogens (tertiary/aromatic N) is 3. The van der Waals surface area contributed by atoms with Crippen LogP contribution in [0.3, 0.4) is 0 Å². The van der Waals surface area contributed by atoms with Gasteiger partial charge in [0.2, 0.25) is 15.0 Å². The van der Waals surface area contributed by atoms with Crippen molar-refractivity contribution in [3.8, 4) is 0 Å². The van der Waals surface area contributed by atoms with Crippen LogP contribution in [0.5, 0.6) is 0 Å². The Balaban J connectivity index is 0.00000196. The van der Waals surface area contributed by atoms with Gasteiger partial charge in [-0.1, -0.05) is 6.07 Å². The van der Waals surface area contributed by atoms with Gasteiger partial charge < -0.3 is 10.2 Å². The van der Waals surface area contributed by atoms with E-state index in [1.807, 2.05) is 4.90 Å². The average Bonchev–Trinajstić information content (AvgIpc) is 3.19. The molecule has 9 heteroatoms. The lowest BCUT2D eigenvalue weighted by molar-refractivity contribution is 0.0604. The van der Waals surface area contributed by atoms with Crippen LogP contribution in [0.15, 0.2) is 29.6 Å². The number of likely N-dealkylation sites (tertiary alicyclic amines) is 1. The van der Waals surface area contributed by atoms with E-state index in [4.69, 9.17) is 0 Å². The third-order valence-electron chi connectivity index (χ3n) is 5.49. The first-order valence-corrected chi connectivity index (χ1v) is 10.5. The molecule has 0 saturated carbocycles. The summed E-state index contributed by atoms with van der Waals surface area (Å²) in [6.45, 7) is 3.47. The SMILES string of the molecule is CS(=O)(=O)c1nc(C(=O)N2CCC3(CCNC3)CC2)c2ccccn12.Cl. The topological polar surface area (TPSA) is 83.8 Å². The van der Waals surface area contributed by atoms with Crippen molar-refractivity contribution in [3.05, 3.63) is 30.1 Å². The number of aromatic nitrogens is 2. The van der Waals surface area contributed by atoms with Crippen molar-refractivity contribution in [3.63, 3.8) is 0 Å². The third-order valence-corrected chi connectivity index (χ3v) is 6.44. The highest BCUT2D eigenvalue weighted by molar-refractivity contribution is 7.90. The van der Waals surface area contributed by atoms with E-state index < -0.39 is 9.84 Å². The molecule has 2 aliphatic heterocycles. The van der Waals surface area contributed by atoms with Gasteiger partial charge in [-0.3, -0.25) is 9.20 Å². The number of carbonyl (C=O) groups is 1. The molecule has 0 bridgehead atoms. The standard InChI is InChI=1S/C17H22N4O3S.ClH/c1-25(23,24)16-19-14(13-4-2-3-9-21(13)16)15(22)20-10-6-17(7-11-20)5-8-18-12-17;/h2-4,9,18H,5-8,10-12H2,1H3;1H. The Morgan fingerprint density at radius 1 is 1.23 bits per heavy atom. The highest BCUT2D eigenvalue weighted by Gasteiger charge is 2.39. The summed E-state index contributed by atoms with van der Waals surface area (Å²) in [6, 6.07) is 5.26. The number of amides is 1. The maximum atomic E-state index is 13.0. The molecule has 2 aromatic heterocycles. The van der Waals surface area contributed by atoms with Gasteiger partial charge in [0.15, 0.2) is 5.69 Å². The molecule has 1 N–H and O–H groups in total. The number of piperidine rings is 1. The van der Waals surface area contributed by atoms with Crippen molar-refractivity contribution in [2.24, 2.45) is 5.41 Å². The zero-order valence-electron chi connectivity index (χ0n) is 14.6. The van der Waals surface area contributed by atoms with Crippen LogP contribution in [0.1, 0.15) is 29.8 Å². The molecule has 142 valence electrons. The first-order valence-electron chi connectivity index (χ1n) is 8.57. The van der Waals surface area contributed by atoms with E-state index in [1.165, 1.54) is 10.8 Å². The zero-order chi connectivity index (χ0) is 17.7. The monoisotopic (exact) mass is 398 g/mol. The van der Waals surface area contributed by atoms with Crippen LogP contribution in [0.4, 0.5) is 0 Å². The summed E-state index contributed by atoms with van der Waals surface area (Å²) in [5.74, 6) is -0.181. The summed E-state index contributed by atoms with van der Waals surface area (Å²) in [5, 5.41) is 3.33. The summed E-state index contributed by atoms with van der Waals surface area (Å²) in [7, 11) is -3.52. The van der Waals surface area contributed by atoms with Gasteiger partial charge in [-0.2, -0.15) is 0 Å². The van der Waals surface area contributed by atoms with Gasteiger partial charge in [0.25, 0.3) is 5.91 Å². The normalized spacial score (nSPS) is 19.7. The lowest BCUT2D eigenvalue weighted by atomic mass is 9.78. The first kappa shape index (κ1) is 19.1. The molecule has 4 rings (SSSR count). The Bertz CT molecular complexity index is 925. The molecule has 2 fully saturated rings. The van der Waals surface area contributed by atoms with Crippen molar-refractivity contribution in [2.45, 2.75) is 24.4 Å². The minimum atomic E-state index is -3.52. The van der Waals surface area contributed by atoms with Crippen LogP contribution in [-0.4, -0.2) is 61.0 Å². The maximum absolute atomic E-state index is 13.0. The van der Waals surface area contributed by atoms with Gasteiger partial charge in [0, 0.05) is 32.1 Å². The third kappa shape index (κ3) is 3.21. The Labute approximate surface area is 159 Å². The number of hydrogen-bond acceptors (Lipinski definition) is 5. The minimum absolute atomic E-state index is 0. The number of imidazole rings is 1. The summed E-state index contributed by atoms with van der Waals surface area (Å²) in [5.41, 5.74) is 1.09. The first-order chi connectivity index (χ1) is 11.9. The van der Waals surface area contributed by atoms with E-state index in [2.05, 4.69) is 10.3 Å². The molecule has 0 unspecified atom stereocenters. The van der Waals surface area contributed by atoms with Gasteiger partial charge in [-0.15, -0.1) is 12.4 Å². The van der Waals surface area contributed by atoms with Gasteiger partial charge in [-0.05, 0) is 43.4 Å². The van der Waals surface area contributed by atoms with Crippen LogP contribution >= 0.6 is 12.4 Å². The molecule has 7 nitrogen and oxygen atoms in total. The fourth-order valence-corrected chi connectivity index (χ4v) is 4.76. The molecule has 26 heavy (non-hydrogen) atoms. The van der Waals surface area contributed by atoms with Crippen LogP contribution in [-0.2, 0) is 9.84 Å². The number of rotatable bonds is 2. The average molecular weight is 399 g/mol. The van der Waals surface area contributed by atoms with E-state index in [9.17, 15) is 13.2 Å². The number of fused-ring (bicyclic) bond motifs is 1. The smallest absolute Gasteiger partial charge is 0.274 e. The Kier molecular flexibility index (Phi) is 5.02. The molecule has 0 radical (unpaired) electrons. The van der Waals surface area contributed by atoms with Crippen molar-refractivity contribution < 1.29 is 13.2 Å². The van der Waals surface area contributed by atoms with Crippen LogP contribution in [0.25, 0.3) is 5.52 Å². The van der Waals surface area contributed by atoms with Gasteiger partial charge in [0.05, 0.1) is 5.52 Å². The van der Waals surface area contributed by atoms with Crippen molar-refractivity contribution in [1.29, 1.82) is 0 Å². The van der Waals surface area contributed by atoms with E-state index in [0.29, 0.717) is 24.0 Å². The predicted molar refractivity (Wildman–Crippen MR) is 101 cm³/mol. The molecule has 0 aromatic carbocycles. The summed E-state index contributed by atoms with van der Waals surface area (Å²) in [6.07, 6.45) is 5.87. The molecule has 4 heterocycles. The van der Waals surface area contributed by atoms with Crippen molar-refractivity contribution >= 4 is 33.7 Å². The highest BCUT2D eigenvalue weighted by Crippen LogP contribution is 2.37. The molecule has 2 aliphatic rings. The molecule has 1 spiro atoms. The van der Waals surface area contributed by atoms with Gasteiger partial charge in [0.1, 0.15) is 0 Å². The van der Waals surface area contributed by atoms with Crippen LogP contribution < -0.4 is 5.32 Å².